The topological polar surface area (TPSA) is 6.48 Å². The first kappa shape index (κ1) is 10.2. The number of fused-ring (bicyclic) bond motifs is 1. The highest BCUT2D eigenvalue weighted by Crippen LogP contribution is 2.29. The molecule has 1 atom stereocenters. The highest BCUT2D eigenvalue weighted by atomic mass is 15.2. The van der Waals surface area contributed by atoms with Gasteiger partial charge in [0.2, 0.25) is 0 Å². The molecule has 0 unspecified atom stereocenters. The van der Waals surface area contributed by atoms with Crippen LogP contribution in [0, 0.1) is 0 Å². The fraction of sp³-hybridized carbons (Fsp3) is 0.571. The summed E-state index contributed by atoms with van der Waals surface area (Å²) in [7, 11) is 2.26. The molecule has 1 saturated heterocycles. The van der Waals surface area contributed by atoms with Gasteiger partial charge in [-0.05, 0) is 44.5 Å². The maximum Gasteiger partial charge on any atom is 0.0400 e. The monoisotopic (exact) mass is 216 g/mol. The number of rotatable bonds is 2. The summed E-state index contributed by atoms with van der Waals surface area (Å²) in [5, 5.41) is 0. The van der Waals surface area contributed by atoms with Gasteiger partial charge in [-0.25, -0.2) is 0 Å². The Labute approximate surface area is 97.9 Å². The van der Waals surface area contributed by atoms with Gasteiger partial charge >= 0.3 is 0 Å². The Morgan fingerprint density at radius 1 is 1.25 bits per heavy atom. The third-order valence-electron chi connectivity index (χ3n) is 4.09. The molecule has 2 aliphatic heterocycles. The van der Waals surface area contributed by atoms with Crippen molar-refractivity contribution in [3.05, 3.63) is 29.8 Å². The van der Waals surface area contributed by atoms with Crippen LogP contribution in [0.5, 0.6) is 0 Å². The molecule has 1 fully saturated rings. The van der Waals surface area contributed by atoms with Gasteiger partial charge in [0.25, 0.3) is 0 Å². The average molecular weight is 216 g/mol. The molecule has 16 heavy (non-hydrogen) atoms. The van der Waals surface area contributed by atoms with Crippen molar-refractivity contribution in [1.82, 2.24) is 4.90 Å². The molecular formula is C14H20N2. The molecule has 1 aromatic rings. The van der Waals surface area contributed by atoms with Crippen LogP contribution in [0.2, 0.25) is 0 Å². The Kier molecular flexibility index (Phi) is 2.60. The van der Waals surface area contributed by atoms with Crippen LogP contribution in [0.25, 0.3) is 0 Å². The summed E-state index contributed by atoms with van der Waals surface area (Å²) in [5.74, 6) is 0. The lowest BCUT2D eigenvalue weighted by Gasteiger charge is -2.27. The van der Waals surface area contributed by atoms with Gasteiger partial charge in [-0.2, -0.15) is 0 Å². The minimum absolute atomic E-state index is 0.770. The SMILES string of the molecule is CN1CCC[C@@H]1CN1CCc2ccccc21. The molecule has 0 aliphatic carbocycles. The fourth-order valence-electron chi connectivity index (χ4n) is 3.06. The van der Waals surface area contributed by atoms with E-state index in [0.717, 1.165) is 6.04 Å². The first-order chi connectivity index (χ1) is 7.84. The van der Waals surface area contributed by atoms with Crippen molar-refractivity contribution in [2.75, 3.05) is 31.6 Å². The van der Waals surface area contributed by atoms with Gasteiger partial charge in [0.15, 0.2) is 0 Å². The molecule has 0 radical (unpaired) electrons. The molecule has 0 saturated carbocycles. The highest BCUT2D eigenvalue weighted by molar-refractivity contribution is 5.57. The Hall–Kier alpha value is -1.02. The minimum atomic E-state index is 0.770. The standard InChI is InChI=1S/C14H20N2/c1-15-9-4-6-13(15)11-16-10-8-12-5-2-3-7-14(12)16/h2-3,5,7,13H,4,6,8-11H2,1H3/t13-/m1/s1. The van der Waals surface area contributed by atoms with Crippen LogP contribution in [-0.4, -0.2) is 37.6 Å². The van der Waals surface area contributed by atoms with Crippen molar-refractivity contribution >= 4 is 5.69 Å². The molecule has 2 aliphatic rings. The van der Waals surface area contributed by atoms with Gasteiger partial charge in [0, 0.05) is 24.8 Å². The quantitative estimate of drug-likeness (QED) is 0.747. The predicted octanol–water partition coefficient (Wildman–Crippen LogP) is 2.14. The van der Waals surface area contributed by atoms with E-state index in [9.17, 15) is 0 Å². The summed E-state index contributed by atoms with van der Waals surface area (Å²) in [6.07, 6.45) is 3.97. The van der Waals surface area contributed by atoms with Crippen molar-refractivity contribution in [3.63, 3.8) is 0 Å². The van der Waals surface area contributed by atoms with Crippen molar-refractivity contribution < 1.29 is 0 Å². The molecule has 0 bridgehead atoms. The van der Waals surface area contributed by atoms with Crippen LogP contribution < -0.4 is 4.90 Å². The lowest BCUT2D eigenvalue weighted by Crippen LogP contribution is -2.37. The largest absolute Gasteiger partial charge is 0.369 e. The Morgan fingerprint density at radius 2 is 2.12 bits per heavy atom. The zero-order chi connectivity index (χ0) is 11.0. The van der Waals surface area contributed by atoms with Gasteiger partial charge in [-0.1, -0.05) is 18.2 Å². The van der Waals surface area contributed by atoms with E-state index in [4.69, 9.17) is 0 Å². The Morgan fingerprint density at radius 3 is 2.94 bits per heavy atom. The number of likely N-dealkylation sites (N-methyl/N-ethyl adjacent to an activating group) is 1. The molecule has 2 heteroatoms. The third-order valence-corrected chi connectivity index (χ3v) is 4.09. The number of para-hydroxylation sites is 1. The summed E-state index contributed by atoms with van der Waals surface area (Å²) in [5.41, 5.74) is 3.01. The number of nitrogens with zero attached hydrogens (tertiary/aromatic N) is 2. The average Bonchev–Trinajstić information content (AvgIpc) is 2.88. The zero-order valence-electron chi connectivity index (χ0n) is 10.0. The lowest BCUT2D eigenvalue weighted by molar-refractivity contribution is 0.313. The molecule has 86 valence electrons. The summed E-state index contributed by atoms with van der Waals surface area (Å²) >= 11 is 0. The fourth-order valence-corrected chi connectivity index (χ4v) is 3.06. The first-order valence-corrected chi connectivity index (χ1v) is 6.38. The van der Waals surface area contributed by atoms with E-state index >= 15 is 0 Å². The molecule has 0 amide bonds. The molecule has 2 nitrogen and oxygen atoms in total. The van der Waals surface area contributed by atoms with Gasteiger partial charge in [0.05, 0.1) is 0 Å². The van der Waals surface area contributed by atoms with E-state index < -0.39 is 0 Å². The van der Waals surface area contributed by atoms with Crippen LogP contribution in [-0.2, 0) is 6.42 Å². The van der Waals surface area contributed by atoms with Gasteiger partial charge in [-0.15, -0.1) is 0 Å². The van der Waals surface area contributed by atoms with Gasteiger partial charge in [0.1, 0.15) is 0 Å². The van der Waals surface area contributed by atoms with E-state index in [2.05, 4.69) is 41.1 Å². The van der Waals surface area contributed by atoms with E-state index in [1.807, 2.05) is 0 Å². The summed E-state index contributed by atoms with van der Waals surface area (Å²) in [6.45, 7) is 3.71. The molecule has 0 spiro atoms. The second-order valence-electron chi connectivity index (χ2n) is 5.10. The first-order valence-electron chi connectivity index (χ1n) is 6.38. The van der Waals surface area contributed by atoms with Crippen LogP contribution in [0.15, 0.2) is 24.3 Å². The van der Waals surface area contributed by atoms with Crippen LogP contribution in [0.1, 0.15) is 18.4 Å². The van der Waals surface area contributed by atoms with Gasteiger partial charge in [-0.3, -0.25) is 0 Å². The predicted molar refractivity (Wildman–Crippen MR) is 68.0 cm³/mol. The smallest absolute Gasteiger partial charge is 0.0400 e. The third kappa shape index (κ3) is 1.71. The molecule has 3 rings (SSSR count). The van der Waals surface area contributed by atoms with E-state index in [-0.39, 0.29) is 0 Å². The Balaban J connectivity index is 1.73. The lowest BCUT2D eigenvalue weighted by atomic mass is 10.1. The Bertz CT molecular complexity index is 375. The summed E-state index contributed by atoms with van der Waals surface area (Å²) in [4.78, 5) is 5.09. The van der Waals surface area contributed by atoms with Crippen molar-refractivity contribution in [2.45, 2.75) is 25.3 Å². The van der Waals surface area contributed by atoms with Crippen LogP contribution in [0.4, 0.5) is 5.69 Å². The number of likely N-dealkylation sites (tertiary alicyclic amines) is 1. The van der Waals surface area contributed by atoms with E-state index in [0.29, 0.717) is 0 Å². The summed E-state index contributed by atoms with van der Waals surface area (Å²) in [6, 6.07) is 9.64. The molecule has 2 heterocycles. The van der Waals surface area contributed by atoms with E-state index in [1.165, 1.54) is 50.1 Å². The van der Waals surface area contributed by atoms with Crippen molar-refractivity contribution in [3.8, 4) is 0 Å². The van der Waals surface area contributed by atoms with E-state index in [1.54, 1.807) is 0 Å². The van der Waals surface area contributed by atoms with Crippen molar-refractivity contribution in [1.29, 1.82) is 0 Å². The summed E-state index contributed by atoms with van der Waals surface area (Å²) < 4.78 is 0. The molecule has 1 aromatic carbocycles. The second-order valence-corrected chi connectivity index (χ2v) is 5.10. The maximum atomic E-state index is 2.57. The van der Waals surface area contributed by atoms with Crippen molar-refractivity contribution in [2.24, 2.45) is 0 Å². The molecule has 0 aromatic heterocycles. The molecular weight excluding hydrogens is 196 g/mol. The number of hydrogen-bond acceptors (Lipinski definition) is 2. The molecule has 0 N–H and O–H groups in total. The number of hydrogen-bond donors (Lipinski definition) is 0. The minimum Gasteiger partial charge on any atom is -0.369 e. The van der Waals surface area contributed by atoms with Crippen LogP contribution >= 0.6 is 0 Å². The zero-order valence-corrected chi connectivity index (χ0v) is 10.0. The normalized spacial score (nSPS) is 25.1. The number of benzene rings is 1. The highest BCUT2D eigenvalue weighted by Gasteiger charge is 2.26. The van der Waals surface area contributed by atoms with Gasteiger partial charge < -0.3 is 9.80 Å². The second kappa shape index (κ2) is 4.10. The van der Waals surface area contributed by atoms with Crippen LogP contribution in [0.3, 0.4) is 0 Å². The number of anilines is 1. The maximum absolute atomic E-state index is 2.57.